The molecule has 170 valence electrons. The molecule has 0 radical (unpaired) electrons. The lowest BCUT2D eigenvalue weighted by Gasteiger charge is -2.36. The fraction of sp³-hybridized carbons (Fsp3) is 0.440. The van der Waals surface area contributed by atoms with Crippen LogP contribution in [-0.4, -0.2) is 37.8 Å². The van der Waals surface area contributed by atoms with Gasteiger partial charge in [0, 0.05) is 18.6 Å². The van der Waals surface area contributed by atoms with Crippen molar-refractivity contribution >= 4 is 28.7 Å². The van der Waals surface area contributed by atoms with E-state index in [-0.39, 0.29) is 0 Å². The van der Waals surface area contributed by atoms with Gasteiger partial charge in [0.2, 0.25) is 0 Å². The van der Waals surface area contributed by atoms with Crippen molar-refractivity contribution in [2.45, 2.75) is 51.4 Å². The van der Waals surface area contributed by atoms with E-state index in [1.165, 1.54) is 0 Å². The Kier molecular flexibility index (Phi) is 6.19. The van der Waals surface area contributed by atoms with E-state index in [2.05, 4.69) is 0 Å². The molecule has 1 fully saturated rings. The number of aliphatic hydroxyl groups is 1. The Morgan fingerprint density at radius 2 is 1.97 bits per heavy atom. The van der Waals surface area contributed by atoms with Gasteiger partial charge in [0.1, 0.15) is 23.6 Å². The van der Waals surface area contributed by atoms with Crippen LogP contribution in [-0.2, 0) is 11.8 Å². The second-order valence-electron chi connectivity index (χ2n) is 9.54. The number of aliphatic hydroxyl groups excluding tert-OH is 1. The summed E-state index contributed by atoms with van der Waals surface area (Å²) in [6.45, 7) is 6.04. The third kappa shape index (κ3) is 4.92. The Bertz CT molecular complexity index is 1120. The summed E-state index contributed by atoms with van der Waals surface area (Å²) in [5.41, 5.74) is 1.71. The van der Waals surface area contributed by atoms with Crippen LogP contribution >= 0.6 is 11.6 Å². The van der Waals surface area contributed by atoms with Crippen LogP contribution in [0.4, 0.5) is 4.79 Å². The Balaban J connectivity index is 1.84. The molecule has 7 heteroatoms. The molecule has 1 aliphatic rings. The van der Waals surface area contributed by atoms with E-state index in [0.29, 0.717) is 28.9 Å². The summed E-state index contributed by atoms with van der Waals surface area (Å²) in [5, 5.41) is 12.1. The molecule has 4 rings (SSSR count). The van der Waals surface area contributed by atoms with Crippen LogP contribution in [0.1, 0.15) is 57.1 Å². The van der Waals surface area contributed by atoms with Crippen molar-refractivity contribution < 1.29 is 14.6 Å². The van der Waals surface area contributed by atoms with Crippen molar-refractivity contribution in [2.75, 3.05) is 6.54 Å². The van der Waals surface area contributed by atoms with E-state index < -0.39 is 23.8 Å². The molecule has 2 atom stereocenters. The maximum Gasteiger partial charge on any atom is 0.411 e. The Morgan fingerprint density at radius 3 is 2.59 bits per heavy atom. The zero-order valence-corrected chi connectivity index (χ0v) is 19.7. The van der Waals surface area contributed by atoms with Crippen molar-refractivity contribution in [3.05, 3.63) is 64.9 Å². The maximum atomic E-state index is 13.4. The molecule has 32 heavy (non-hydrogen) atoms. The fourth-order valence-electron chi connectivity index (χ4n) is 3.95. The number of imidazole rings is 1. The predicted molar refractivity (Wildman–Crippen MR) is 126 cm³/mol. The van der Waals surface area contributed by atoms with Crippen LogP contribution in [0.15, 0.2) is 48.5 Å². The van der Waals surface area contributed by atoms with E-state index in [4.69, 9.17) is 21.3 Å². The van der Waals surface area contributed by atoms with Crippen molar-refractivity contribution in [3.8, 4) is 0 Å². The molecule has 2 unspecified atom stereocenters. The zero-order chi connectivity index (χ0) is 23.0. The van der Waals surface area contributed by atoms with E-state index in [0.717, 1.165) is 23.9 Å². The van der Waals surface area contributed by atoms with Gasteiger partial charge in [0.15, 0.2) is 0 Å². The van der Waals surface area contributed by atoms with E-state index in [1.807, 2.05) is 62.7 Å². The summed E-state index contributed by atoms with van der Waals surface area (Å²) in [4.78, 5) is 19.9. The molecule has 1 aromatic heterocycles. The number of rotatable bonds is 6. The predicted octanol–water partition coefficient (Wildman–Crippen LogP) is 5.65. The molecule has 0 spiro atoms. The summed E-state index contributed by atoms with van der Waals surface area (Å²) in [5.74, 6) is 0.997. The fourth-order valence-corrected chi connectivity index (χ4v) is 4.15. The highest BCUT2D eigenvalue weighted by Gasteiger charge is 2.40. The molecular weight excluding hydrogens is 426 g/mol. The van der Waals surface area contributed by atoms with Crippen molar-refractivity contribution in [3.63, 3.8) is 0 Å². The average molecular weight is 456 g/mol. The summed E-state index contributed by atoms with van der Waals surface area (Å²) < 4.78 is 7.71. The van der Waals surface area contributed by atoms with Crippen molar-refractivity contribution in [2.24, 2.45) is 13.0 Å². The standard InChI is InChI=1S/C25H30ClN3O3/c1-25(2,3)32-24(31)29(15-16-12-13-16)21(22(30)17-8-7-9-18(26)14-17)23-27-19-10-5-6-11-20(19)28(23)4/h5-11,14,16,21-22,30H,12-13,15H2,1-4H3. The highest BCUT2D eigenvalue weighted by molar-refractivity contribution is 6.30. The van der Waals surface area contributed by atoms with Crippen molar-refractivity contribution in [1.29, 1.82) is 0 Å². The quantitative estimate of drug-likeness (QED) is 0.521. The van der Waals surface area contributed by atoms with Gasteiger partial charge in [0.05, 0.1) is 11.0 Å². The van der Waals surface area contributed by atoms with Crippen LogP contribution in [0.5, 0.6) is 0 Å². The highest BCUT2D eigenvalue weighted by atomic mass is 35.5. The first-order chi connectivity index (χ1) is 15.1. The number of nitrogens with zero attached hydrogens (tertiary/aromatic N) is 3. The third-order valence-corrected chi connectivity index (χ3v) is 5.93. The van der Waals surface area contributed by atoms with Gasteiger partial charge in [-0.25, -0.2) is 9.78 Å². The molecule has 3 aromatic rings. The number of fused-ring (bicyclic) bond motifs is 1. The summed E-state index contributed by atoms with van der Waals surface area (Å²) in [6.07, 6.45) is 0.627. The second-order valence-corrected chi connectivity index (χ2v) is 9.97. The molecule has 0 bridgehead atoms. The SMILES string of the molecule is Cn1c(C(C(O)c2cccc(Cl)c2)N(CC2CC2)C(=O)OC(C)(C)C)nc2ccccc21. The molecule has 0 aliphatic heterocycles. The number of amides is 1. The first kappa shape index (κ1) is 22.6. The molecular formula is C25H30ClN3O3. The second kappa shape index (κ2) is 8.75. The Morgan fingerprint density at radius 1 is 1.25 bits per heavy atom. The number of ether oxygens (including phenoxy) is 1. The molecule has 1 amide bonds. The average Bonchev–Trinajstić information content (AvgIpc) is 3.49. The van der Waals surface area contributed by atoms with Gasteiger partial charge in [-0.3, -0.25) is 4.90 Å². The van der Waals surface area contributed by atoms with E-state index >= 15 is 0 Å². The van der Waals surface area contributed by atoms with E-state index in [9.17, 15) is 9.90 Å². The maximum absolute atomic E-state index is 13.4. The van der Waals surface area contributed by atoms with Gasteiger partial charge in [-0.15, -0.1) is 0 Å². The number of para-hydroxylation sites is 2. The van der Waals surface area contributed by atoms with Crippen LogP contribution in [0.2, 0.25) is 5.02 Å². The Hall–Kier alpha value is -2.57. The van der Waals surface area contributed by atoms with Gasteiger partial charge in [-0.1, -0.05) is 35.9 Å². The molecule has 6 nitrogen and oxygen atoms in total. The summed E-state index contributed by atoms with van der Waals surface area (Å²) in [6, 6.07) is 14.2. The number of aryl methyl sites for hydroxylation is 1. The van der Waals surface area contributed by atoms with Crippen molar-refractivity contribution in [1.82, 2.24) is 14.5 Å². The summed E-state index contributed by atoms with van der Waals surface area (Å²) >= 11 is 6.22. The first-order valence-electron chi connectivity index (χ1n) is 11.0. The zero-order valence-electron chi connectivity index (χ0n) is 19.0. The number of hydrogen-bond donors (Lipinski definition) is 1. The molecule has 1 N–H and O–H groups in total. The van der Waals surface area contributed by atoms with Gasteiger partial charge < -0.3 is 14.4 Å². The number of aromatic nitrogens is 2. The number of halogens is 1. The number of carbonyl (C=O) groups excluding carboxylic acids is 1. The van der Waals surface area contributed by atoms with Crippen LogP contribution in [0, 0.1) is 5.92 Å². The van der Waals surface area contributed by atoms with Gasteiger partial charge >= 0.3 is 6.09 Å². The van der Waals surface area contributed by atoms with Crippen LogP contribution in [0.25, 0.3) is 11.0 Å². The molecule has 2 aromatic carbocycles. The topological polar surface area (TPSA) is 67.6 Å². The van der Waals surface area contributed by atoms with Crippen LogP contribution in [0.3, 0.4) is 0 Å². The minimum absolute atomic E-state index is 0.395. The lowest BCUT2D eigenvalue weighted by atomic mass is 9.99. The molecule has 1 heterocycles. The number of benzene rings is 2. The highest BCUT2D eigenvalue weighted by Crippen LogP contribution is 2.40. The monoisotopic (exact) mass is 455 g/mol. The number of carbonyl (C=O) groups is 1. The Labute approximate surface area is 193 Å². The molecule has 1 saturated carbocycles. The third-order valence-electron chi connectivity index (χ3n) is 5.69. The minimum atomic E-state index is -1.03. The van der Waals surface area contributed by atoms with Gasteiger partial charge in [-0.2, -0.15) is 0 Å². The van der Waals surface area contributed by atoms with Gasteiger partial charge in [0.25, 0.3) is 0 Å². The smallest absolute Gasteiger partial charge is 0.411 e. The lowest BCUT2D eigenvalue weighted by molar-refractivity contribution is -0.0112. The van der Waals surface area contributed by atoms with Crippen LogP contribution < -0.4 is 0 Å². The lowest BCUT2D eigenvalue weighted by Crippen LogP contribution is -2.43. The molecule has 1 aliphatic carbocycles. The first-order valence-corrected chi connectivity index (χ1v) is 11.4. The van der Waals surface area contributed by atoms with E-state index in [1.54, 1.807) is 23.1 Å². The molecule has 0 saturated heterocycles. The minimum Gasteiger partial charge on any atom is -0.444 e. The normalized spacial score (nSPS) is 16.1. The number of hydrogen-bond acceptors (Lipinski definition) is 4. The summed E-state index contributed by atoms with van der Waals surface area (Å²) in [7, 11) is 1.91. The van der Waals surface area contributed by atoms with Gasteiger partial charge in [-0.05, 0) is 69.4 Å². The largest absolute Gasteiger partial charge is 0.444 e.